The highest BCUT2D eigenvalue weighted by molar-refractivity contribution is 6.32. The Balaban J connectivity index is 1.97. The summed E-state index contributed by atoms with van der Waals surface area (Å²) in [5.41, 5.74) is 0. The molecule has 2 rings (SSSR count). The van der Waals surface area contributed by atoms with Gasteiger partial charge in [0, 0.05) is 13.1 Å². The average molecular weight is 282 g/mol. The Bertz CT molecular complexity index is 428. The molecule has 4 heteroatoms. The van der Waals surface area contributed by atoms with Crippen LogP contribution in [0.25, 0.3) is 0 Å². The lowest BCUT2D eigenvalue weighted by molar-refractivity contribution is -0.137. The van der Waals surface area contributed by atoms with Crippen molar-refractivity contribution in [2.24, 2.45) is 0 Å². The van der Waals surface area contributed by atoms with Crippen molar-refractivity contribution in [3.05, 3.63) is 29.3 Å². The van der Waals surface area contributed by atoms with Crippen LogP contribution in [-0.2, 0) is 4.79 Å². The molecule has 0 spiro atoms. The highest BCUT2D eigenvalue weighted by atomic mass is 35.5. The van der Waals surface area contributed by atoms with Crippen LogP contribution in [0.3, 0.4) is 0 Å². The summed E-state index contributed by atoms with van der Waals surface area (Å²) in [6.45, 7) is 3.47. The molecule has 1 aliphatic rings. The molecule has 0 aliphatic carbocycles. The van der Waals surface area contributed by atoms with Crippen molar-refractivity contribution in [1.82, 2.24) is 4.90 Å². The first kappa shape index (κ1) is 14.2. The number of amides is 1. The fourth-order valence-corrected chi connectivity index (χ4v) is 2.51. The number of nitrogens with zero attached hydrogens (tertiary/aromatic N) is 1. The topological polar surface area (TPSA) is 29.5 Å². The van der Waals surface area contributed by atoms with Crippen LogP contribution >= 0.6 is 11.6 Å². The molecule has 1 atom stereocenters. The molecule has 0 radical (unpaired) electrons. The lowest BCUT2D eigenvalue weighted by atomic mass is 10.2. The van der Waals surface area contributed by atoms with Crippen molar-refractivity contribution in [2.45, 2.75) is 38.7 Å². The molecular weight excluding hydrogens is 262 g/mol. The van der Waals surface area contributed by atoms with Crippen molar-refractivity contribution < 1.29 is 9.53 Å². The molecule has 0 N–H and O–H groups in total. The first-order valence-electron chi connectivity index (χ1n) is 6.88. The normalized spacial score (nSPS) is 17.7. The highest BCUT2D eigenvalue weighted by Crippen LogP contribution is 2.24. The van der Waals surface area contributed by atoms with E-state index < -0.39 is 6.10 Å². The molecule has 1 heterocycles. The van der Waals surface area contributed by atoms with Crippen LogP contribution < -0.4 is 4.74 Å². The largest absolute Gasteiger partial charge is 0.479 e. The van der Waals surface area contributed by atoms with E-state index >= 15 is 0 Å². The van der Waals surface area contributed by atoms with Gasteiger partial charge < -0.3 is 9.64 Å². The lowest BCUT2D eigenvalue weighted by Crippen LogP contribution is -2.41. The lowest BCUT2D eigenvalue weighted by Gasteiger charge is -2.24. The molecule has 0 saturated carbocycles. The van der Waals surface area contributed by atoms with E-state index in [1.807, 2.05) is 17.0 Å². The zero-order valence-corrected chi connectivity index (χ0v) is 12.0. The van der Waals surface area contributed by atoms with E-state index in [0.29, 0.717) is 10.8 Å². The fraction of sp³-hybridized carbons (Fsp3) is 0.533. The van der Waals surface area contributed by atoms with Crippen LogP contribution in [0.2, 0.25) is 5.02 Å². The van der Waals surface area contributed by atoms with Crippen LogP contribution in [0, 0.1) is 0 Å². The average Bonchev–Trinajstić information content (AvgIpc) is 2.69. The second-order valence-electron chi connectivity index (χ2n) is 4.93. The number of hydrogen-bond donors (Lipinski definition) is 0. The number of carbonyl (C=O) groups excluding carboxylic acids is 1. The Morgan fingerprint density at radius 3 is 2.47 bits per heavy atom. The van der Waals surface area contributed by atoms with Gasteiger partial charge in [-0.2, -0.15) is 0 Å². The predicted molar refractivity (Wildman–Crippen MR) is 76.6 cm³/mol. The quantitative estimate of drug-likeness (QED) is 0.848. The minimum atomic E-state index is -0.488. The van der Waals surface area contributed by atoms with Crippen LogP contribution in [-0.4, -0.2) is 30.0 Å². The van der Waals surface area contributed by atoms with Gasteiger partial charge in [-0.05, 0) is 31.9 Å². The standard InChI is InChI=1S/C15H20ClNO2/c1-12(19-14-9-5-4-8-13(14)16)15(18)17-10-6-2-3-7-11-17/h4-5,8-9,12H,2-3,6-7,10-11H2,1H3/t12-/m1/s1. The van der Waals surface area contributed by atoms with E-state index in [0.717, 1.165) is 25.9 Å². The van der Waals surface area contributed by atoms with Gasteiger partial charge in [-0.3, -0.25) is 4.79 Å². The van der Waals surface area contributed by atoms with E-state index in [4.69, 9.17) is 16.3 Å². The molecule has 19 heavy (non-hydrogen) atoms. The molecule has 1 aromatic rings. The number of likely N-dealkylation sites (tertiary alicyclic amines) is 1. The number of ether oxygens (including phenoxy) is 1. The number of benzene rings is 1. The third kappa shape index (κ3) is 3.87. The zero-order chi connectivity index (χ0) is 13.7. The van der Waals surface area contributed by atoms with Crippen molar-refractivity contribution >= 4 is 17.5 Å². The smallest absolute Gasteiger partial charge is 0.263 e. The Hall–Kier alpha value is -1.22. The maximum Gasteiger partial charge on any atom is 0.263 e. The maximum atomic E-state index is 12.3. The van der Waals surface area contributed by atoms with Crippen LogP contribution in [0.1, 0.15) is 32.6 Å². The van der Waals surface area contributed by atoms with Gasteiger partial charge in [0.15, 0.2) is 6.10 Å². The molecule has 0 aromatic heterocycles. The number of halogens is 1. The van der Waals surface area contributed by atoms with Gasteiger partial charge in [-0.15, -0.1) is 0 Å². The molecule has 1 aliphatic heterocycles. The van der Waals surface area contributed by atoms with Crippen LogP contribution in [0.15, 0.2) is 24.3 Å². The molecule has 104 valence electrons. The van der Waals surface area contributed by atoms with Gasteiger partial charge in [0.1, 0.15) is 5.75 Å². The van der Waals surface area contributed by atoms with Crippen molar-refractivity contribution in [3.8, 4) is 5.75 Å². The second kappa shape index (κ2) is 6.80. The van der Waals surface area contributed by atoms with Crippen LogP contribution in [0.5, 0.6) is 5.75 Å². The highest BCUT2D eigenvalue weighted by Gasteiger charge is 2.23. The maximum absolute atomic E-state index is 12.3. The summed E-state index contributed by atoms with van der Waals surface area (Å²) in [6, 6.07) is 7.25. The molecular formula is C15H20ClNO2. The van der Waals surface area contributed by atoms with Gasteiger partial charge in [0.25, 0.3) is 5.91 Å². The Kier molecular flexibility index (Phi) is 5.08. The Morgan fingerprint density at radius 2 is 1.84 bits per heavy atom. The Labute approximate surface area is 119 Å². The minimum Gasteiger partial charge on any atom is -0.479 e. The fourth-order valence-electron chi connectivity index (χ4n) is 2.33. The van der Waals surface area contributed by atoms with E-state index in [1.165, 1.54) is 12.8 Å². The van der Waals surface area contributed by atoms with Gasteiger partial charge >= 0.3 is 0 Å². The molecule has 1 saturated heterocycles. The van der Waals surface area contributed by atoms with Gasteiger partial charge in [0.2, 0.25) is 0 Å². The summed E-state index contributed by atoms with van der Waals surface area (Å²) in [4.78, 5) is 14.2. The molecule has 1 amide bonds. The van der Waals surface area contributed by atoms with E-state index in [2.05, 4.69) is 0 Å². The number of rotatable bonds is 3. The summed E-state index contributed by atoms with van der Waals surface area (Å²) >= 11 is 6.03. The molecule has 1 fully saturated rings. The van der Waals surface area contributed by atoms with E-state index in [-0.39, 0.29) is 5.91 Å². The number of carbonyl (C=O) groups is 1. The monoisotopic (exact) mass is 281 g/mol. The Morgan fingerprint density at radius 1 is 1.21 bits per heavy atom. The number of hydrogen-bond acceptors (Lipinski definition) is 2. The summed E-state index contributed by atoms with van der Waals surface area (Å²) in [5.74, 6) is 0.627. The summed E-state index contributed by atoms with van der Waals surface area (Å²) in [5, 5.41) is 0.540. The molecule has 0 unspecified atom stereocenters. The third-order valence-corrected chi connectivity index (χ3v) is 3.72. The first-order valence-corrected chi connectivity index (χ1v) is 7.26. The van der Waals surface area contributed by atoms with Crippen molar-refractivity contribution in [1.29, 1.82) is 0 Å². The van der Waals surface area contributed by atoms with Gasteiger partial charge in [-0.1, -0.05) is 36.6 Å². The third-order valence-electron chi connectivity index (χ3n) is 3.41. The summed E-state index contributed by atoms with van der Waals surface area (Å²) in [6.07, 6.45) is 4.11. The predicted octanol–water partition coefficient (Wildman–Crippen LogP) is 3.51. The van der Waals surface area contributed by atoms with Crippen LogP contribution in [0.4, 0.5) is 0 Å². The van der Waals surface area contributed by atoms with Crippen molar-refractivity contribution in [2.75, 3.05) is 13.1 Å². The summed E-state index contributed by atoms with van der Waals surface area (Å²) in [7, 11) is 0. The van der Waals surface area contributed by atoms with Gasteiger partial charge in [0.05, 0.1) is 5.02 Å². The zero-order valence-electron chi connectivity index (χ0n) is 11.3. The SMILES string of the molecule is C[C@@H](Oc1ccccc1Cl)C(=O)N1CCCCCC1. The summed E-state index contributed by atoms with van der Waals surface area (Å²) < 4.78 is 5.68. The second-order valence-corrected chi connectivity index (χ2v) is 5.34. The van der Waals surface area contributed by atoms with E-state index in [1.54, 1.807) is 19.1 Å². The van der Waals surface area contributed by atoms with E-state index in [9.17, 15) is 4.79 Å². The minimum absolute atomic E-state index is 0.0572. The molecule has 3 nitrogen and oxygen atoms in total. The molecule has 0 bridgehead atoms. The van der Waals surface area contributed by atoms with Gasteiger partial charge in [-0.25, -0.2) is 0 Å². The van der Waals surface area contributed by atoms with Crippen molar-refractivity contribution in [3.63, 3.8) is 0 Å². The molecule has 1 aromatic carbocycles. The number of para-hydroxylation sites is 1. The first-order chi connectivity index (χ1) is 9.18.